The van der Waals surface area contributed by atoms with Gasteiger partial charge in [0.25, 0.3) is 0 Å². The van der Waals surface area contributed by atoms with Crippen LogP contribution in [0.2, 0.25) is 0 Å². The molecule has 1 aromatic heterocycles. The van der Waals surface area contributed by atoms with Gasteiger partial charge >= 0.3 is 0 Å². The van der Waals surface area contributed by atoms with Crippen LogP contribution in [0, 0.1) is 0 Å². The van der Waals surface area contributed by atoms with E-state index in [1.54, 1.807) is 30.1 Å². The van der Waals surface area contributed by atoms with Gasteiger partial charge in [0.15, 0.2) is 0 Å². The maximum atomic E-state index is 9.28. The Labute approximate surface area is 93.0 Å². The molecule has 0 radical (unpaired) electrons. The van der Waals surface area contributed by atoms with Crippen LogP contribution in [0.1, 0.15) is 5.56 Å². The lowest BCUT2D eigenvalue weighted by Crippen LogP contribution is -1.81. The lowest BCUT2D eigenvalue weighted by Gasteiger charge is -2.01. The van der Waals surface area contributed by atoms with Crippen molar-refractivity contribution in [3.63, 3.8) is 0 Å². The van der Waals surface area contributed by atoms with E-state index in [-0.39, 0.29) is 0 Å². The molecule has 1 N–H and O–H groups in total. The average Bonchev–Trinajstić information content (AvgIpc) is 2.28. The molecule has 76 valence electrons. The van der Waals surface area contributed by atoms with Crippen LogP contribution in [0.15, 0.2) is 53.7 Å². The number of rotatable bonds is 3. The molecule has 1 aromatic carbocycles. The van der Waals surface area contributed by atoms with Crippen LogP contribution in [0.25, 0.3) is 0 Å². The molecule has 0 amide bonds. The Kier molecular flexibility index (Phi) is 3.25. The number of phenols is 1. The first kappa shape index (κ1) is 10.1. The average molecular weight is 217 g/mol. The molecule has 2 aromatic rings. The van der Waals surface area contributed by atoms with Gasteiger partial charge < -0.3 is 5.11 Å². The van der Waals surface area contributed by atoms with E-state index in [1.165, 1.54) is 5.56 Å². The molecule has 0 fully saturated rings. The summed E-state index contributed by atoms with van der Waals surface area (Å²) in [5, 5.41) is 9.28. The van der Waals surface area contributed by atoms with Crippen molar-refractivity contribution >= 4 is 11.8 Å². The van der Waals surface area contributed by atoms with Gasteiger partial charge in [0.05, 0.1) is 0 Å². The summed E-state index contributed by atoms with van der Waals surface area (Å²) in [6.45, 7) is 0. The normalized spacial score (nSPS) is 10.1. The highest BCUT2D eigenvalue weighted by atomic mass is 32.2. The lowest BCUT2D eigenvalue weighted by atomic mass is 10.3. The van der Waals surface area contributed by atoms with E-state index in [9.17, 15) is 5.11 Å². The van der Waals surface area contributed by atoms with Crippen LogP contribution in [-0.4, -0.2) is 10.1 Å². The number of phenolic OH excluding ortho intramolecular Hbond substituents is 1. The van der Waals surface area contributed by atoms with Gasteiger partial charge in [0.2, 0.25) is 0 Å². The van der Waals surface area contributed by atoms with E-state index in [0.29, 0.717) is 5.75 Å². The second kappa shape index (κ2) is 4.84. The fourth-order valence-electron chi connectivity index (χ4n) is 1.22. The SMILES string of the molecule is Oc1cccc(SCc2cccnc2)c1. The molecule has 0 saturated heterocycles. The zero-order valence-corrected chi connectivity index (χ0v) is 8.95. The molecule has 2 nitrogen and oxygen atoms in total. The summed E-state index contributed by atoms with van der Waals surface area (Å²) in [6, 6.07) is 11.2. The van der Waals surface area contributed by atoms with E-state index in [4.69, 9.17) is 0 Å². The predicted molar refractivity (Wildman–Crippen MR) is 61.9 cm³/mol. The van der Waals surface area contributed by atoms with Crippen LogP contribution in [0.3, 0.4) is 0 Å². The summed E-state index contributed by atoms with van der Waals surface area (Å²) in [5.41, 5.74) is 1.19. The second-order valence-electron chi connectivity index (χ2n) is 3.15. The summed E-state index contributed by atoms with van der Waals surface area (Å²) in [7, 11) is 0. The third-order valence-electron chi connectivity index (χ3n) is 1.95. The molecular weight excluding hydrogens is 206 g/mol. The van der Waals surface area contributed by atoms with Crippen molar-refractivity contribution < 1.29 is 5.11 Å². The van der Waals surface area contributed by atoms with E-state index in [1.807, 2.05) is 30.5 Å². The fraction of sp³-hybridized carbons (Fsp3) is 0.0833. The third-order valence-corrected chi connectivity index (χ3v) is 3.01. The van der Waals surface area contributed by atoms with Gasteiger partial charge in [0.1, 0.15) is 5.75 Å². The van der Waals surface area contributed by atoms with Crippen LogP contribution in [0.5, 0.6) is 5.75 Å². The maximum Gasteiger partial charge on any atom is 0.116 e. The van der Waals surface area contributed by atoms with Crippen molar-refractivity contribution in [1.29, 1.82) is 0 Å². The van der Waals surface area contributed by atoms with E-state index < -0.39 is 0 Å². The smallest absolute Gasteiger partial charge is 0.116 e. The van der Waals surface area contributed by atoms with Gasteiger partial charge in [-0.15, -0.1) is 11.8 Å². The van der Waals surface area contributed by atoms with Crippen LogP contribution >= 0.6 is 11.8 Å². The minimum Gasteiger partial charge on any atom is -0.508 e. The van der Waals surface area contributed by atoms with Gasteiger partial charge in [-0.25, -0.2) is 0 Å². The third kappa shape index (κ3) is 2.99. The highest BCUT2D eigenvalue weighted by Crippen LogP contribution is 2.25. The van der Waals surface area contributed by atoms with Gasteiger partial charge in [-0.2, -0.15) is 0 Å². The van der Waals surface area contributed by atoms with Gasteiger partial charge in [0, 0.05) is 23.0 Å². The van der Waals surface area contributed by atoms with Gasteiger partial charge in [-0.1, -0.05) is 12.1 Å². The van der Waals surface area contributed by atoms with Gasteiger partial charge in [-0.3, -0.25) is 4.98 Å². The summed E-state index contributed by atoms with van der Waals surface area (Å²) in [5.74, 6) is 1.18. The van der Waals surface area contributed by atoms with Gasteiger partial charge in [-0.05, 0) is 29.8 Å². The number of pyridine rings is 1. The largest absolute Gasteiger partial charge is 0.508 e. The molecule has 2 rings (SSSR count). The summed E-state index contributed by atoms with van der Waals surface area (Å²) in [6.07, 6.45) is 3.62. The number of nitrogens with zero attached hydrogens (tertiary/aromatic N) is 1. The van der Waals surface area contributed by atoms with E-state index >= 15 is 0 Å². The molecule has 15 heavy (non-hydrogen) atoms. The van der Waals surface area contributed by atoms with Crippen molar-refractivity contribution in [2.45, 2.75) is 10.6 Å². The minimum absolute atomic E-state index is 0.311. The molecule has 0 aliphatic heterocycles. The minimum atomic E-state index is 0.311. The van der Waals surface area contributed by atoms with Crippen LogP contribution < -0.4 is 0 Å². The predicted octanol–water partition coefficient (Wildman–Crippen LogP) is 3.08. The standard InChI is InChI=1S/C12H11NOS/c14-11-4-1-5-12(7-11)15-9-10-3-2-6-13-8-10/h1-8,14H,9H2. The first-order valence-corrected chi connectivity index (χ1v) is 5.64. The number of thioether (sulfide) groups is 1. The molecule has 0 saturated carbocycles. The van der Waals surface area contributed by atoms with Crippen molar-refractivity contribution in [3.8, 4) is 5.75 Å². The number of hydrogen-bond acceptors (Lipinski definition) is 3. The molecule has 0 bridgehead atoms. The number of hydrogen-bond donors (Lipinski definition) is 1. The summed E-state index contributed by atoms with van der Waals surface area (Å²) < 4.78 is 0. The fourth-order valence-corrected chi connectivity index (χ4v) is 2.11. The first-order chi connectivity index (χ1) is 7.34. The highest BCUT2D eigenvalue weighted by Gasteiger charge is 1.96. The Morgan fingerprint density at radius 2 is 2.13 bits per heavy atom. The topological polar surface area (TPSA) is 33.1 Å². The molecule has 0 unspecified atom stereocenters. The first-order valence-electron chi connectivity index (χ1n) is 4.65. The Balaban J connectivity index is 1.99. The Bertz CT molecular complexity index is 431. The van der Waals surface area contributed by atoms with E-state index in [0.717, 1.165) is 10.6 Å². The highest BCUT2D eigenvalue weighted by molar-refractivity contribution is 7.98. The van der Waals surface area contributed by atoms with Crippen molar-refractivity contribution in [3.05, 3.63) is 54.4 Å². The molecule has 1 heterocycles. The molecule has 0 aliphatic carbocycles. The number of aromatic nitrogens is 1. The van der Waals surface area contributed by atoms with Crippen molar-refractivity contribution in [2.24, 2.45) is 0 Å². The summed E-state index contributed by atoms with van der Waals surface area (Å²) in [4.78, 5) is 5.12. The Morgan fingerprint density at radius 1 is 1.20 bits per heavy atom. The molecule has 0 atom stereocenters. The van der Waals surface area contributed by atoms with Crippen molar-refractivity contribution in [2.75, 3.05) is 0 Å². The zero-order valence-electron chi connectivity index (χ0n) is 8.13. The monoisotopic (exact) mass is 217 g/mol. The molecule has 3 heteroatoms. The number of aromatic hydroxyl groups is 1. The maximum absolute atomic E-state index is 9.28. The lowest BCUT2D eigenvalue weighted by molar-refractivity contribution is 0.474. The Hall–Kier alpha value is -1.48. The molecule has 0 aliphatic rings. The number of benzene rings is 1. The van der Waals surface area contributed by atoms with E-state index in [2.05, 4.69) is 4.98 Å². The Morgan fingerprint density at radius 3 is 2.87 bits per heavy atom. The van der Waals surface area contributed by atoms with Crippen LogP contribution in [0.4, 0.5) is 0 Å². The molecule has 0 spiro atoms. The summed E-state index contributed by atoms with van der Waals surface area (Å²) >= 11 is 1.69. The van der Waals surface area contributed by atoms with Crippen LogP contribution in [-0.2, 0) is 5.75 Å². The second-order valence-corrected chi connectivity index (χ2v) is 4.20. The molecular formula is C12H11NOS. The van der Waals surface area contributed by atoms with Crippen molar-refractivity contribution in [1.82, 2.24) is 4.98 Å². The quantitative estimate of drug-likeness (QED) is 0.802. The zero-order chi connectivity index (χ0) is 10.5.